The van der Waals surface area contributed by atoms with Gasteiger partial charge in [0.15, 0.2) is 0 Å². The average Bonchev–Trinajstić information content (AvgIpc) is 3.91. The Kier molecular flexibility index (Phi) is 5.80. The van der Waals surface area contributed by atoms with Gasteiger partial charge in [0.2, 0.25) is 0 Å². The molecule has 0 amide bonds. The van der Waals surface area contributed by atoms with Gasteiger partial charge in [-0.1, -0.05) is 158 Å². The van der Waals surface area contributed by atoms with Crippen LogP contribution in [0.5, 0.6) is 0 Å². The van der Waals surface area contributed by atoms with E-state index in [1.54, 1.807) is 0 Å². The molecule has 0 saturated carbocycles. The summed E-state index contributed by atoms with van der Waals surface area (Å²) >= 11 is 0. The molecule has 254 valence electrons. The minimum absolute atomic E-state index is 0.921. The van der Waals surface area contributed by atoms with Crippen LogP contribution in [0.3, 0.4) is 0 Å². The Morgan fingerprint density at radius 1 is 0.382 bits per heavy atom. The van der Waals surface area contributed by atoms with Crippen molar-refractivity contribution in [2.45, 2.75) is 12.8 Å². The van der Waals surface area contributed by atoms with Gasteiger partial charge in [0, 0.05) is 16.3 Å². The van der Waals surface area contributed by atoms with E-state index in [-0.39, 0.29) is 0 Å². The lowest BCUT2D eigenvalue weighted by Crippen LogP contribution is -1.91. The summed E-state index contributed by atoms with van der Waals surface area (Å²) in [4.78, 5) is 0. The van der Waals surface area contributed by atoms with E-state index < -0.39 is 0 Å². The second-order valence-corrected chi connectivity index (χ2v) is 15.3. The summed E-state index contributed by atoms with van der Waals surface area (Å²) < 4.78 is 6.63. The van der Waals surface area contributed by atoms with E-state index in [4.69, 9.17) is 4.42 Å². The van der Waals surface area contributed by atoms with Gasteiger partial charge in [-0.15, -0.1) is 0 Å². The number of rotatable bonds is 3. The summed E-state index contributed by atoms with van der Waals surface area (Å²) in [5.74, 6) is 0. The van der Waals surface area contributed by atoms with Gasteiger partial charge in [-0.2, -0.15) is 0 Å². The molecule has 0 saturated heterocycles. The van der Waals surface area contributed by atoms with Gasteiger partial charge in [0.05, 0.1) is 0 Å². The standard InChI is InChI=1S/C54H32O/c1-3-14-31(15-4-1)47-45-30-44-34-19-8-7-18-33(34)37-21-11-25-41(50(37)44)51(45)48(32-16-5-2-6-17-32)53-43-29-28-35(38-22-12-26-42(49(38)43)52(47)53)39-23-13-24-40-36-20-9-10-27-46(36)55-54(39)40/h1-6,8-17,19-30H,7,18H2. The van der Waals surface area contributed by atoms with Crippen molar-refractivity contribution in [1.29, 1.82) is 0 Å². The summed E-state index contributed by atoms with van der Waals surface area (Å²) in [5, 5.41) is 18.3. The molecule has 1 aliphatic carbocycles. The number of benzene rings is 9. The third-order valence-corrected chi connectivity index (χ3v) is 12.6. The molecule has 0 atom stereocenters. The fourth-order valence-electron chi connectivity index (χ4n) is 10.5. The van der Waals surface area contributed by atoms with E-state index in [1.807, 2.05) is 0 Å². The van der Waals surface area contributed by atoms with Gasteiger partial charge in [-0.05, 0) is 129 Å². The molecule has 0 unspecified atom stereocenters. The first kappa shape index (κ1) is 29.5. The zero-order valence-electron chi connectivity index (χ0n) is 30.0. The SMILES string of the molecule is C1=Cc2c(c3cccc4c5c(-c6ccccc6)c6c7ccc(-c8cccc9c8oc8ccccc89)c8cccc(c6c(-c6ccccc6)c5cc2c34)c87)CC1. The Balaban J connectivity index is 1.27. The highest BCUT2D eigenvalue weighted by atomic mass is 16.3. The summed E-state index contributed by atoms with van der Waals surface area (Å²) in [6.07, 6.45) is 6.92. The van der Waals surface area contributed by atoms with Crippen LogP contribution in [0.4, 0.5) is 0 Å². The van der Waals surface area contributed by atoms with E-state index in [2.05, 4.69) is 170 Å². The van der Waals surface area contributed by atoms with E-state index in [1.165, 1.54) is 104 Å². The first-order valence-corrected chi connectivity index (χ1v) is 19.4. The number of furan rings is 1. The molecule has 0 bridgehead atoms. The normalized spacial score (nSPS) is 13.2. The fourth-order valence-corrected chi connectivity index (χ4v) is 10.5. The van der Waals surface area contributed by atoms with Crippen molar-refractivity contribution in [2.24, 2.45) is 0 Å². The van der Waals surface area contributed by atoms with Crippen molar-refractivity contribution in [1.82, 2.24) is 0 Å². The van der Waals surface area contributed by atoms with Crippen LogP contribution < -0.4 is 0 Å². The third kappa shape index (κ3) is 3.82. The van der Waals surface area contributed by atoms with Crippen molar-refractivity contribution in [2.75, 3.05) is 0 Å². The van der Waals surface area contributed by atoms with E-state index in [0.717, 1.165) is 40.3 Å². The fraction of sp³-hybridized carbons (Fsp3) is 0.0370. The van der Waals surface area contributed by atoms with Crippen molar-refractivity contribution >= 4 is 92.6 Å². The second kappa shape index (κ2) is 10.8. The molecular formula is C54H32O. The summed E-state index contributed by atoms with van der Waals surface area (Å²) in [5.41, 5.74) is 12.2. The minimum atomic E-state index is 0.921. The molecule has 13 rings (SSSR count). The topological polar surface area (TPSA) is 13.1 Å². The number of hydrogen-bond acceptors (Lipinski definition) is 1. The van der Waals surface area contributed by atoms with Crippen molar-refractivity contribution in [3.8, 4) is 33.4 Å². The van der Waals surface area contributed by atoms with E-state index in [9.17, 15) is 0 Å². The smallest absolute Gasteiger partial charge is 0.143 e. The van der Waals surface area contributed by atoms with Gasteiger partial charge < -0.3 is 4.42 Å². The summed E-state index contributed by atoms with van der Waals surface area (Å²) in [6.45, 7) is 0. The third-order valence-electron chi connectivity index (χ3n) is 12.6. The molecule has 0 radical (unpaired) electrons. The largest absolute Gasteiger partial charge is 0.455 e. The van der Waals surface area contributed by atoms with Gasteiger partial charge in [0.1, 0.15) is 11.2 Å². The highest BCUT2D eigenvalue weighted by Crippen LogP contribution is 2.55. The molecule has 1 aromatic heterocycles. The molecule has 12 aromatic rings. The predicted octanol–water partition coefficient (Wildman–Crippen LogP) is 15.3. The second-order valence-electron chi connectivity index (χ2n) is 15.3. The van der Waals surface area contributed by atoms with Crippen molar-refractivity contribution < 1.29 is 4.42 Å². The van der Waals surface area contributed by atoms with Crippen LogP contribution in [-0.2, 0) is 6.42 Å². The lowest BCUT2D eigenvalue weighted by molar-refractivity contribution is 0.670. The van der Waals surface area contributed by atoms with Gasteiger partial charge >= 0.3 is 0 Å². The van der Waals surface area contributed by atoms with Crippen molar-refractivity contribution in [3.05, 3.63) is 175 Å². The number of para-hydroxylation sites is 2. The molecule has 1 nitrogen and oxygen atoms in total. The Hall–Kier alpha value is -6.96. The van der Waals surface area contributed by atoms with Crippen LogP contribution in [0.25, 0.3) is 126 Å². The highest BCUT2D eigenvalue weighted by molar-refractivity contribution is 6.44. The van der Waals surface area contributed by atoms with Crippen molar-refractivity contribution in [3.63, 3.8) is 0 Å². The molecule has 1 heterocycles. The minimum Gasteiger partial charge on any atom is -0.455 e. The molecule has 55 heavy (non-hydrogen) atoms. The zero-order valence-corrected chi connectivity index (χ0v) is 30.0. The number of fused-ring (bicyclic) bond motifs is 11. The maximum atomic E-state index is 6.63. The van der Waals surface area contributed by atoms with Gasteiger partial charge in [0.25, 0.3) is 0 Å². The quantitative estimate of drug-likeness (QED) is 0.168. The first-order chi connectivity index (χ1) is 27.3. The van der Waals surface area contributed by atoms with Crippen LogP contribution >= 0.6 is 0 Å². The number of allylic oxidation sites excluding steroid dienone is 1. The number of hydrogen-bond donors (Lipinski definition) is 0. The monoisotopic (exact) mass is 696 g/mol. The maximum absolute atomic E-state index is 6.63. The first-order valence-electron chi connectivity index (χ1n) is 19.4. The Bertz CT molecular complexity index is 3570. The molecule has 0 N–H and O–H groups in total. The lowest BCUT2D eigenvalue weighted by Gasteiger charge is -2.19. The molecule has 11 aromatic carbocycles. The number of aryl methyl sites for hydroxylation is 1. The van der Waals surface area contributed by atoms with Gasteiger partial charge in [-0.3, -0.25) is 0 Å². The Labute approximate surface area is 317 Å². The lowest BCUT2D eigenvalue weighted by atomic mass is 9.83. The summed E-state index contributed by atoms with van der Waals surface area (Å²) in [7, 11) is 0. The van der Waals surface area contributed by atoms with E-state index in [0.29, 0.717) is 0 Å². The van der Waals surface area contributed by atoms with Crippen LogP contribution in [0, 0.1) is 0 Å². The van der Waals surface area contributed by atoms with E-state index >= 15 is 0 Å². The Morgan fingerprint density at radius 2 is 1.00 bits per heavy atom. The molecule has 1 heteroatoms. The zero-order chi connectivity index (χ0) is 35.8. The average molecular weight is 697 g/mol. The molecule has 1 aliphatic rings. The highest BCUT2D eigenvalue weighted by Gasteiger charge is 2.28. The Morgan fingerprint density at radius 3 is 1.84 bits per heavy atom. The van der Waals surface area contributed by atoms with Crippen LogP contribution in [0.1, 0.15) is 17.5 Å². The van der Waals surface area contributed by atoms with Crippen LogP contribution in [-0.4, -0.2) is 0 Å². The van der Waals surface area contributed by atoms with Crippen LogP contribution in [0.15, 0.2) is 168 Å². The maximum Gasteiger partial charge on any atom is 0.143 e. The molecule has 0 fully saturated rings. The molecular weight excluding hydrogens is 665 g/mol. The predicted molar refractivity (Wildman–Crippen MR) is 235 cm³/mol. The van der Waals surface area contributed by atoms with Crippen LogP contribution in [0.2, 0.25) is 0 Å². The van der Waals surface area contributed by atoms with Gasteiger partial charge in [-0.25, -0.2) is 0 Å². The molecule has 0 spiro atoms. The summed E-state index contributed by atoms with van der Waals surface area (Å²) in [6, 6.07) is 58.5. The molecule has 0 aliphatic heterocycles.